The zero-order chi connectivity index (χ0) is 18.7. The number of carbonyl (C=O) groups excluding carboxylic acids is 2. The van der Waals surface area contributed by atoms with Crippen LogP contribution in [0.25, 0.3) is 0 Å². The van der Waals surface area contributed by atoms with Crippen molar-refractivity contribution in [3.8, 4) is 0 Å². The van der Waals surface area contributed by atoms with E-state index in [0.717, 1.165) is 6.54 Å². The molecule has 1 aliphatic rings. The molecule has 8 heteroatoms. The zero-order valence-electron chi connectivity index (χ0n) is 15.2. The molecule has 0 unspecified atom stereocenters. The van der Waals surface area contributed by atoms with Gasteiger partial charge in [-0.15, -0.1) is 11.3 Å². The second kappa shape index (κ2) is 7.84. The van der Waals surface area contributed by atoms with Crippen LogP contribution in [0.5, 0.6) is 0 Å². The van der Waals surface area contributed by atoms with Crippen LogP contribution in [0.1, 0.15) is 20.8 Å². The lowest BCUT2D eigenvalue weighted by Crippen LogP contribution is -2.36. The maximum Gasteiger partial charge on any atom is 0.255 e. The van der Waals surface area contributed by atoms with E-state index in [2.05, 4.69) is 33.5 Å². The first-order valence-electron chi connectivity index (χ1n) is 8.45. The van der Waals surface area contributed by atoms with Crippen LogP contribution in [0.2, 0.25) is 0 Å². The summed E-state index contributed by atoms with van der Waals surface area (Å²) < 4.78 is 0. The van der Waals surface area contributed by atoms with E-state index in [0.29, 0.717) is 30.2 Å². The average Bonchev–Trinajstić information content (AvgIpc) is 3.01. The average molecular weight is 373 g/mol. The normalized spacial score (nSPS) is 13.2. The van der Waals surface area contributed by atoms with Gasteiger partial charge in [-0.2, -0.15) is 0 Å². The Morgan fingerprint density at radius 1 is 1.35 bits per heavy atom. The number of aryl methyl sites for hydroxylation is 1. The molecule has 26 heavy (non-hydrogen) atoms. The number of likely N-dealkylation sites (N-methyl/N-ethyl adjacent to an activating group) is 1. The number of anilines is 2. The van der Waals surface area contributed by atoms with E-state index >= 15 is 0 Å². The maximum atomic E-state index is 13.1. The summed E-state index contributed by atoms with van der Waals surface area (Å²) in [4.78, 5) is 34.0. The number of hydrogen-bond donors (Lipinski definition) is 2. The molecule has 0 aromatic carbocycles. The van der Waals surface area contributed by atoms with Crippen molar-refractivity contribution in [3.63, 3.8) is 0 Å². The van der Waals surface area contributed by atoms with Crippen LogP contribution >= 0.6 is 11.3 Å². The molecule has 1 aliphatic heterocycles. The maximum absolute atomic E-state index is 13.1. The molecule has 2 aromatic rings. The Kier molecular flexibility index (Phi) is 5.53. The molecular formula is C18H23N5O2S. The van der Waals surface area contributed by atoms with Gasteiger partial charge in [0.1, 0.15) is 5.82 Å². The number of fused-ring (bicyclic) bond motifs is 1. The lowest BCUT2D eigenvalue weighted by molar-refractivity contribution is -0.114. The molecule has 7 nitrogen and oxygen atoms in total. The van der Waals surface area contributed by atoms with Crippen LogP contribution < -0.4 is 10.6 Å². The highest BCUT2D eigenvalue weighted by molar-refractivity contribution is 7.10. The predicted molar refractivity (Wildman–Crippen MR) is 104 cm³/mol. The van der Waals surface area contributed by atoms with Crippen LogP contribution in [0.4, 0.5) is 11.5 Å². The van der Waals surface area contributed by atoms with E-state index in [4.69, 9.17) is 0 Å². The number of nitrogens with one attached hydrogen (secondary N) is 2. The van der Waals surface area contributed by atoms with Crippen LogP contribution in [-0.4, -0.2) is 60.3 Å². The fourth-order valence-corrected chi connectivity index (χ4v) is 3.59. The van der Waals surface area contributed by atoms with Gasteiger partial charge in [-0.3, -0.25) is 9.59 Å². The highest BCUT2D eigenvalue weighted by Crippen LogP contribution is 2.24. The molecule has 0 fully saturated rings. The lowest BCUT2D eigenvalue weighted by Gasteiger charge is -2.25. The number of aromatic nitrogens is 1. The standard InChI is InChI=1S/C18H23N5O2S/c1-12-4-7-26-15(12)11-23(6-5-22(2)3)18(25)13-8-14-17(19-9-13)20-10-16(24)21-14/h4,7-9H,5-6,10-11H2,1-3H3,(H,19,20)(H,21,24). The molecular weight excluding hydrogens is 350 g/mol. The van der Waals surface area contributed by atoms with Gasteiger partial charge in [0.05, 0.1) is 24.3 Å². The number of amides is 2. The second-order valence-corrected chi connectivity index (χ2v) is 7.58. The van der Waals surface area contributed by atoms with Crippen LogP contribution in [0.15, 0.2) is 23.7 Å². The van der Waals surface area contributed by atoms with Crippen molar-refractivity contribution in [1.29, 1.82) is 0 Å². The summed E-state index contributed by atoms with van der Waals surface area (Å²) in [6.07, 6.45) is 1.57. The van der Waals surface area contributed by atoms with Crippen molar-refractivity contribution in [2.24, 2.45) is 0 Å². The predicted octanol–water partition coefficient (Wildman–Crippen LogP) is 2.02. The van der Waals surface area contributed by atoms with Crippen molar-refractivity contribution >= 4 is 34.7 Å². The molecule has 3 rings (SSSR count). The van der Waals surface area contributed by atoms with Crippen molar-refractivity contribution < 1.29 is 9.59 Å². The molecule has 2 amide bonds. The highest BCUT2D eigenvalue weighted by Gasteiger charge is 2.22. The zero-order valence-corrected chi connectivity index (χ0v) is 16.0. The molecule has 2 N–H and O–H groups in total. The third kappa shape index (κ3) is 4.20. The largest absolute Gasteiger partial charge is 0.359 e. The molecule has 0 saturated heterocycles. The molecule has 3 heterocycles. The molecule has 2 aromatic heterocycles. The Morgan fingerprint density at radius 2 is 2.15 bits per heavy atom. The quantitative estimate of drug-likeness (QED) is 0.810. The van der Waals surface area contributed by atoms with Gasteiger partial charge >= 0.3 is 0 Å². The monoisotopic (exact) mass is 373 g/mol. The Balaban J connectivity index is 1.83. The summed E-state index contributed by atoms with van der Waals surface area (Å²) in [5.41, 5.74) is 2.21. The second-order valence-electron chi connectivity index (χ2n) is 6.58. The third-order valence-corrected chi connectivity index (χ3v) is 5.24. The molecule has 0 bridgehead atoms. The smallest absolute Gasteiger partial charge is 0.255 e. The van der Waals surface area contributed by atoms with Crippen molar-refractivity contribution in [3.05, 3.63) is 39.7 Å². The van der Waals surface area contributed by atoms with Gasteiger partial charge in [-0.1, -0.05) is 0 Å². The van der Waals surface area contributed by atoms with Crippen molar-refractivity contribution in [2.75, 3.05) is 44.4 Å². The van der Waals surface area contributed by atoms with Gasteiger partial charge in [0.15, 0.2) is 0 Å². The first kappa shape index (κ1) is 18.3. The molecule has 0 saturated carbocycles. The van der Waals surface area contributed by atoms with Crippen LogP contribution in [-0.2, 0) is 11.3 Å². The Labute approximate surface area is 157 Å². The minimum Gasteiger partial charge on any atom is -0.359 e. The summed E-state index contributed by atoms with van der Waals surface area (Å²) >= 11 is 1.66. The number of thiophene rings is 1. The molecule has 0 aliphatic carbocycles. The summed E-state index contributed by atoms with van der Waals surface area (Å²) in [5, 5.41) is 7.74. The fraction of sp³-hybridized carbons (Fsp3) is 0.389. The van der Waals surface area contributed by atoms with Crippen molar-refractivity contribution in [2.45, 2.75) is 13.5 Å². The van der Waals surface area contributed by atoms with E-state index in [9.17, 15) is 9.59 Å². The van der Waals surface area contributed by atoms with E-state index in [-0.39, 0.29) is 18.4 Å². The Morgan fingerprint density at radius 3 is 2.85 bits per heavy atom. The summed E-state index contributed by atoms with van der Waals surface area (Å²) in [7, 11) is 3.97. The van der Waals surface area contributed by atoms with Gasteiger partial charge in [-0.25, -0.2) is 4.98 Å². The van der Waals surface area contributed by atoms with Gasteiger partial charge in [0.25, 0.3) is 5.91 Å². The molecule has 0 spiro atoms. The lowest BCUT2D eigenvalue weighted by atomic mass is 10.2. The van der Waals surface area contributed by atoms with E-state index in [1.165, 1.54) is 10.4 Å². The Bertz CT molecular complexity index is 818. The van der Waals surface area contributed by atoms with Gasteiger partial charge < -0.3 is 20.4 Å². The SMILES string of the molecule is Cc1ccsc1CN(CCN(C)C)C(=O)c1cnc2c(c1)NC(=O)CN2. The number of nitrogens with zero attached hydrogens (tertiary/aromatic N) is 3. The first-order valence-corrected chi connectivity index (χ1v) is 9.32. The van der Waals surface area contributed by atoms with E-state index < -0.39 is 0 Å². The Hall–Kier alpha value is -2.45. The fourth-order valence-electron chi connectivity index (χ4n) is 2.67. The number of rotatable bonds is 6. The van der Waals surface area contributed by atoms with Gasteiger partial charge in [0, 0.05) is 24.2 Å². The number of pyridine rings is 1. The van der Waals surface area contributed by atoms with E-state index in [1.54, 1.807) is 23.6 Å². The first-order chi connectivity index (χ1) is 12.4. The van der Waals surface area contributed by atoms with E-state index in [1.807, 2.05) is 24.4 Å². The van der Waals surface area contributed by atoms with Crippen LogP contribution in [0.3, 0.4) is 0 Å². The van der Waals surface area contributed by atoms with Gasteiger partial charge in [-0.05, 0) is 44.1 Å². The summed E-state index contributed by atoms with van der Waals surface area (Å²) in [6.45, 7) is 4.21. The highest BCUT2D eigenvalue weighted by atomic mass is 32.1. The van der Waals surface area contributed by atoms with Gasteiger partial charge in [0.2, 0.25) is 5.91 Å². The summed E-state index contributed by atoms with van der Waals surface area (Å²) in [6, 6.07) is 3.76. The minimum absolute atomic E-state index is 0.0882. The van der Waals surface area contributed by atoms with Crippen LogP contribution in [0, 0.1) is 6.92 Å². The number of hydrogen-bond acceptors (Lipinski definition) is 6. The third-order valence-electron chi connectivity index (χ3n) is 4.23. The molecule has 0 radical (unpaired) electrons. The van der Waals surface area contributed by atoms with Crippen molar-refractivity contribution in [1.82, 2.24) is 14.8 Å². The molecule has 138 valence electrons. The number of carbonyl (C=O) groups is 2. The minimum atomic E-state index is -0.137. The molecule has 0 atom stereocenters. The summed E-state index contributed by atoms with van der Waals surface area (Å²) in [5.74, 6) is 0.368. The topological polar surface area (TPSA) is 77.6 Å².